The van der Waals surface area contributed by atoms with Crippen LogP contribution in [0.4, 0.5) is 0 Å². The van der Waals surface area contributed by atoms with Gasteiger partial charge in [-0.1, -0.05) is 0 Å². The highest BCUT2D eigenvalue weighted by Crippen LogP contribution is 2.17. The molecule has 0 aromatic rings. The van der Waals surface area contributed by atoms with Crippen molar-refractivity contribution in [1.29, 1.82) is 0 Å². The van der Waals surface area contributed by atoms with Gasteiger partial charge in [-0.05, 0) is 25.2 Å². The molecule has 1 rings (SSSR count). The summed E-state index contributed by atoms with van der Waals surface area (Å²) in [6, 6.07) is 0. The average molecular weight is 187 g/mol. The molecule has 1 heterocycles. The summed E-state index contributed by atoms with van der Waals surface area (Å²) in [5, 5.41) is 11.1. The second-order valence-corrected chi connectivity index (χ2v) is 3.35. The predicted molar refractivity (Wildman–Crippen MR) is 48.3 cm³/mol. The summed E-state index contributed by atoms with van der Waals surface area (Å²) in [4.78, 5) is 10.7. The number of carbonyl (C=O) groups excluding carboxylic acids is 1. The van der Waals surface area contributed by atoms with Crippen LogP contribution in [-0.4, -0.2) is 37.4 Å². The molecule has 0 radical (unpaired) electrons. The van der Waals surface area contributed by atoms with Gasteiger partial charge >= 0.3 is 0 Å². The van der Waals surface area contributed by atoms with Crippen LogP contribution in [0.25, 0.3) is 0 Å². The molecule has 76 valence electrons. The molecule has 1 aliphatic heterocycles. The molecular formula is C9H17NO3. The van der Waals surface area contributed by atoms with E-state index in [0.717, 1.165) is 32.5 Å². The van der Waals surface area contributed by atoms with E-state index in [0.29, 0.717) is 12.5 Å². The maximum atomic E-state index is 10.7. The van der Waals surface area contributed by atoms with Gasteiger partial charge in [-0.2, -0.15) is 0 Å². The molecule has 0 saturated carbocycles. The highest BCUT2D eigenvalue weighted by atomic mass is 16.5. The number of nitrogens with one attached hydrogen (secondary N) is 1. The lowest BCUT2D eigenvalue weighted by atomic mass is 9.97. The smallest absolute Gasteiger partial charge is 0.245 e. The fraction of sp³-hybridized carbons (Fsp3) is 0.889. The highest BCUT2D eigenvalue weighted by Gasteiger charge is 2.13. The Balaban J connectivity index is 2.01. The molecule has 1 fully saturated rings. The van der Waals surface area contributed by atoms with Crippen LogP contribution in [0.1, 0.15) is 19.3 Å². The van der Waals surface area contributed by atoms with E-state index < -0.39 is 6.61 Å². The number of hydrogen-bond acceptors (Lipinski definition) is 3. The van der Waals surface area contributed by atoms with Gasteiger partial charge < -0.3 is 15.2 Å². The van der Waals surface area contributed by atoms with Crippen LogP contribution in [0.3, 0.4) is 0 Å². The number of hydrogen-bond donors (Lipinski definition) is 2. The minimum Gasteiger partial charge on any atom is -0.387 e. The lowest BCUT2D eigenvalue weighted by Crippen LogP contribution is -2.29. The molecule has 0 aliphatic carbocycles. The zero-order valence-corrected chi connectivity index (χ0v) is 7.79. The zero-order chi connectivity index (χ0) is 9.52. The van der Waals surface area contributed by atoms with Gasteiger partial charge in [0.15, 0.2) is 0 Å². The van der Waals surface area contributed by atoms with Gasteiger partial charge in [-0.15, -0.1) is 0 Å². The normalized spacial score (nSPS) is 18.5. The second-order valence-electron chi connectivity index (χ2n) is 3.35. The maximum absolute atomic E-state index is 10.7. The fourth-order valence-corrected chi connectivity index (χ4v) is 1.51. The Hall–Kier alpha value is -0.610. The zero-order valence-electron chi connectivity index (χ0n) is 7.79. The molecule has 4 nitrogen and oxygen atoms in total. The summed E-state index contributed by atoms with van der Waals surface area (Å²) >= 11 is 0. The van der Waals surface area contributed by atoms with E-state index in [1.165, 1.54) is 0 Å². The molecule has 0 unspecified atom stereocenters. The standard InChI is InChI=1S/C9H17NO3/c11-7-9(12)10-4-1-8-2-5-13-6-3-8/h8,11H,1-7H2,(H,10,12). The van der Waals surface area contributed by atoms with Gasteiger partial charge in [-0.3, -0.25) is 4.79 Å². The molecule has 0 bridgehead atoms. The Bertz CT molecular complexity index is 155. The topological polar surface area (TPSA) is 58.6 Å². The molecule has 2 N–H and O–H groups in total. The molecule has 13 heavy (non-hydrogen) atoms. The van der Waals surface area contributed by atoms with Gasteiger partial charge in [-0.25, -0.2) is 0 Å². The second kappa shape index (κ2) is 5.94. The Morgan fingerprint density at radius 1 is 1.46 bits per heavy atom. The fourth-order valence-electron chi connectivity index (χ4n) is 1.51. The molecule has 0 spiro atoms. The first-order valence-electron chi connectivity index (χ1n) is 4.78. The Labute approximate surface area is 78.3 Å². The summed E-state index contributed by atoms with van der Waals surface area (Å²) < 4.78 is 5.22. The lowest BCUT2D eigenvalue weighted by Gasteiger charge is -2.21. The van der Waals surface area contributed by atoms with Crippen molar-refractivity contribution >= 4 is 5.91 Å². The van der Waals surface area contributed by atoms with Crippen LogP contribution in [0, 0.1) is 5.92 Å². The quantitative estimate of drug-likeness (QED) is 0.646. The SMILES string of the molecule is O=C(CO)NCCC1CCOCC1. The molecule has 1 amide bonds. The molecule has 0 atom stereocenters. The largest absolute Gasteiger partial charge is 0.387 e. The lowest BCUT2D eigenvalue weighted by molar-refractivity contribution is -0.123. The summed E-state index contributed by atoms with van der Waals surface area (Å²) in [5.41, 5.74) is 0. The van der Waals surface area contributed by atoms with Crippen molar-refractivity contribution in [2.24, 2.45) is 5.92 Å². The minimum absolute atomic E-state index is 0.285. The Kier molecular flexibility index (Phi) is 4.78. The van der Waals surface area contributed by atoms with E-state index in [1.54, 1.807) is 0 Å². The Morgan fingerprint density at radius 2 is 2.15 bits per heavy atom. The first-order valence-corrected chi connectivity index (χ1v) is 4.78. The van der Waals surface area contributed by atoms with Crippen molar-refractivity contribution in [3.05, 3.63) is 0 Å². The number of ether oxygens (including phenoxy) is 1. The van der Waals surface area contributed by atoms with Crippen molar-refractivity contribution < 1.29 is 14.6 Å². The summed E-state index contributed by atoms with van der Waals surface area (Å²) in [7, 11) is 0. The van der Waals surface area contributed by atoms with E-state index >= 15 is 0 Å². The summed E-state index contributed by atoms with van der Waals surface area (Å²) in [6.07, 6.45) is 3.18. The average Bonchev–Trinajstić information content (AvgIpc) is 2.19. The number of carbonyl (C=O) groups is 1. The molecule has 1 aliphatic rings. The first kappa shape index (κ1) is 10.5. The van der Waals surface area contributed by atoms with E-state index in [9.17, 15) is 4.79 Å². The van der Waals surface area contributed by atoms with Crippen molar-refractivity contribution in [3.63, 3.8) is 0 Å². The van der Waals surface area contributed by atoms with Crippen LogP contribution in [0.15, 0.2) is 0 Å². The third kappa shape index (κ3) is 4.24. The van der Waals surface area contributed by atoms with Crippen LogP contribution < -0.4 is 5.32 Å². The third-order valence-electron chi connectivity index (χ3n) is 2.36. The van der Waals surface area contributed by atoms with E-state index in [4.69, 9.17) is 9.84 Å². The monoisotopic (exact) mass is 187 g/mol. The number of aliphatic hydroxyl groups excluding tert-OH is 1. The molecule has 1 saturated heterocycles. The van der Waals surface area contributed by atoms with Crippen LogP contribution >= 0.6 is 0 Å². The van der Waals surface area contributed by atoms with E-state index in [2.05, 4.69) is 5.32 Å². The number of aliphatic hydroxyl groups is 1. The highest BCUT2D eigenvalue weighted by molar-refractivity contribution is 5.76. The van der Waals surface area contributed by atoms with Gasteiger partial charge in [0.2, 0.25) is 5.91 Å². The van der Waals surface area contributed by atoms with Crippen LogP contribution in [0.5, 0.6) is 0 Å². The van der Waals surface area contributed by atoms with Crippen molar-refractivity contribution in [2.75, 3.05) is 26.4 Å². The number of rotatable bonds is 4. The summed E-state index contributed by atoms with van der Waals surface area (Å²) in [5.74, 6) is 0.389. The van der Waals surface area contributed by atoms with Crippen molar-refractivity contribution in [2.45, 2.75) is 19.3 Å². The van der Waals surface area contributed by atoms with Crippen LogP contribution in [-0.2, 0) is 9.53 Å². The van der Waals surface area contributed by atoms with Crippen molar-refractivity contribution in [1.82, 2.24) is 5.32 Å². The van der Waals surface area contributed by atoms with Gasteiger partial charge in [0.05, 0.1) is 0 Å². The van der Waals surface area contributed by atoms with Crippen LogP contribution in [0.2, 0.25) is 0 Å². The molecule has 4 heteroatoms. The molecule has 0 aromatic heterocycles. The third-order valence-corrected chi connectivity index (χ3v) is 2.36. The van der Waals surface area contributed by atoms with Crippen molar-refractivity contribution in [3.8, 4) is 0 Å². The molecule has 0 aromatic carbocycles. The summed E-state index contributed by atoms with van der Waals surface area (Å²) in [6.45, 7) is 1.95. The Morgan fingerprint density at radius 3 is 2.77 bits per heavy atom. The van der Waals surface area contributed by atoms with Gasteiger partial charge in [0, 0.05) is 19.8 Å². The number of amides is 1. The van der Waals surface area contributed by atoms with Gasteiger partial charge in [0.1, 0.15) is 6.61 Å². The van der Waals surface area contributed by atoms with E-state index in [-0.39, 0.29) is 5.91 Å². The predicted octanol–water partition coefficient (Wildman–Crippen LogP) is -0.0884. The molecular weight excluding hydrogens is 170 g/mol. The van der Waals surface area contributed by atoms with E-state index in [1.807, 2.05) is 0 Å². The van der Waals surface area contributed by atoms with Gasteiger partial charge in [0.25, 0.3) is 0 Å². The maximum Gasteiger partial charge on any atom is 0.245 e. The minimum atomic E-state index is -0.409. The first-order chi connectivity index (χ1) is 6.33.